The van der Waals surface area contributed by atoms with Gasteiger partial charge in [0.2, 0.25) is 0 Å². The van der Waals surface area contributed by atoms with Crippen molar-refractivity contribution in [1.82, 2.24) is 15.2 Å². The molecule has 5 nitrogen and oxygen atoms in total. The van der Waals surface area contributed by atoms with Crippen LogP contribution < -0.4 is 5.32 Å². The second-order valence-corrected chi connectivity index (χ2v) is 6.92. The Balaban J connectivity index is 1.55. The molecule has 1 N–H and O–H groups in total. The molecule has 1 aliphatic rings. The Kier molecular flexibility index (Phi) is 5.44. The Morgan fingerprint density at radius 3 is 2.42 bits per heavy atom. The van der Waals surface area contributed by atoms with Crippen LogP contribution >= 0.6 is 22.6 Å². The van der Waals surface area contributed by atoms with E-state index in [1.165, 1.54) is 0 Å². The minimum Gasteiger partial charge on any atom is -0.349 e. The highest BCUT2D eigenvalue weighted by molar-refractivity contribution is 14.1. The molecule has 0 atom stereocenters. The van der Waals surface area contributed by atoms with E-state index in [4.69, 9.17) is 0 Å². The highest BCUT2D eigenvalue weighted by atomic mass is 127. The lowest BCUT2D eigenvalue weighted by molar-refractivity contribution is 0.0698. The van der Waals surface area contributed by atoms with E-state index in [0.29, 0.717) is 24.2 Å². The zero-order chi connectivity index (χ0) is 16.9. The Hall–Kier alpha value is -1.96. The van der Waals surface area contributed by atoms with Crippen LogP contribution in [-0.4, -0.2) is 40.8 Å². The first kappa shape index (κ1) is 16.9. The molecule has 2 aromatic rings. The number of aromatic nitrogens is 1. The average molecular weight is 435 g/mol. The minimum atomic E-state index is -0.0427. The van der Waals surface area contributed by atoms with E-state index in [1.807, 2.05) is 29.2 Å². The number of hydrogen-bond acceptors (Lipinski definition) is 3. The number of piperidine rings is 1. The van der Waals surface area contributed by atoms with E-state index in [1.54, 1.807) is 24.5 Å². The van der Waals surface area contributed by atoms with Crippen molar-refractivity contribution in [3.05, 3.63) is 63.5 Å². The van der Waals surface area contributed by atoms with Crippen molar-refractivity contribution in [3.8, 4) is 0 Å². The van der Waals surface area contributed by atoms with Gasteiger partial charge in [-0.05, 0) is 59.7 Å². The number of carbonyl (C=O) groups is 2. The van der Waals surface area contributed by atoms with Gasteiger partial charge in [-0.15, -0.1) is 0 Å². The molecule has 1 saturated heterocycles. The van der Waals surface area contributed by atoms with Crippen molar-refractivity contribution >= 4 is 34.4 Å². The standard InChI is InChI=1S/C18H18IN3O2/c19-16-4-2-1-3-15(16)17(23)21-14-7-11-22(12-8-14)18(24)13-5-9-20-10-6-13/h1-6,9-10,14H,7-8,11-12H2,(H,21,23). The topological polar surface area (TPSA) is 62.3 Å². The number of nitrogens with zero attached hydrogens (tertiary/aromatic N) is 2. The minimum absolute atomic E-state index is 0.0276. The van der Waals surface area contributed by atoms with E-state index < -0.39 is 0 Å². The quantitative estimate of drug-likeness (QED) is 0.755. The van der Waals surface area contributed by atoms with Crippen LogP contribution in [0.2, 0.25) is 0 Å². The number of benzene rings is 1. The first-order valence-corrected chi connectivity index (χ1v) is 8.97. The third kappa shape index (κ3) is 3.92. The van der Waals surface area contributed by atoms with E-state index >= 15 is 0 Å². The van der Waals surface area contributed by atoms with Gasteiger partial charge in [-0.1, -0.05) is 12.1 Å². The molecule has 1 aromatic carbocycles. The monoisotopic (exact) mass is 435 g/mol. The molecule has 0 saturated carbocycles. The fraction of sp³-hybridized carbons (Fsp3) is 0.278. The summed E-state index contributed by atoms with van der Waals surface area (Å²) in [5.41, 5.74) is 1.36. The number of halogens is 1. The molecular weight excluding hydrogens is 417 g/mol. The van der Waals surface area contributed by atoms with E-state index in [2.05, 4.69) is 32.9 Å². The van der Waals surface area contributed by atoms with Crippen LogP contribution in [0, 0.1) is 3.57 Å². The van der Waals surface area contributed by atoms with Gasteiger partial charge in [0.15, 0.2) is 0 Å². The lowest BCUT2D eigenvalue weighted by Gasteiger charge is -2.32. The summed E-state index contributed by atoms with van der Waals surface area (Å²) < 4.78 is 0.943. The number of carbonyl (C=O) groups excluding carboxylic acids is 2. The van der Waals surface area contributed by atoms with Crippen LogP contribution in [0.4, 0.5) is 0 Å². The first-order valence-electron chi connectivity index (χ1n) is 7.90. The summed E-state index contributed by atoms with van der Waals surface area (Å²) in [6, 6.07) is 11.1. The Morgan fingerprint density at radius 1 is 1.08 bits per heavy atom. The second-order valence-electron chi connectivity index (χ2n) is 5.76. The number of amides is 2. The van der Waals surface area contributed by atoms with Gasteiger partial charge in [0, 0.05) is 40.7 Å². The third-order valence-corrected chi connectivity index (χ3v) is 5.10. The van der Waals surface area contributed by atoms with Gasteiger partial charge in [-0.2, -0.15) is 0 Å². The number of rotatable bonds is 3. The average Bonchev–Trinajstić information content (AvgIpc) is 2.63. The first-order chi connectivity index (χ1) is 11.6. The van der Waals surface area contributed by atoms with Crippen LogP contribution in [0.5, 0.6) is 0 Å². The number of nitrogens with one attached hydrogen (secondary N) is 1. The number of likely N-dealkylation sites (tertiary alicyclic amines) is 1. The molecule has 1 aromatic heterocycles. The number of hydrogen-bond donors (Lipinski definition) is 1. The molecule has 124 valence electrons. The predicted molar refractivity (Wildman–Crippen MR) is 99.8 cm³/mol. The third-order valence-electron chi connectivity index (χ3n) is 4.16. The van der Waals surface area contributed by atoms with Crippen molar-refractivity contribution in [2.45, 2.75) is 18.9 Å². The molecule has 0 unspecified atom stereocenters. The maximum absolute atomic E-state index is 12.4. The largest absolute Gasteiger partial charge is 0.349 e. The summed E-state index contributed by atoms with van der Waals surface area (Å²) in [5.74, 6) is -0.0151. The predicted octanol–water partition coefficient (Wildman–Crippen LogP) is 2.72. The smallest absolute Gasteiger partial charge is 0.253 e. The molecule has 1 aliphatic heterocycles. The van der Waals surface area contributed by atoms with Crippen molar-refractivity contribution in [1.29, 1.82) is 0 Å². The maximum Gasteiger partial charge on any atom is 0.253 e. The molecule has 3 rings (SSSR count). The van der Waals surface area contributed by atoms with Crippen LogP contribution in [-0.2, 0) is 0 Å². The second kappa shape index (κ2) is 7.74. The zero-order valence-corrected chi connectivity index (χ0v) is 15.3. The molecule has 24 heavy (non-hydrogen) atoms. The highest BCUT2D eigenvalue weighted by Crippen LogP contribution is 2.16. The van der Waals surface area contributed by atoms with Gasteiger partial charge in [-0.3, -0.25) is 14.6 Å². The van der Waals surface area contributed by atoms with Crippen LogP contribution in [0.1, 0.15) is 33.6 Å². The van der Waals surface area contributed by atoms with E-state index in [0.717, 1.165) is 16.4 Å². The van der Waals surface area contributed by atoms with Crippen molar-refractivity contribution in [2.24, 2.45) is 0 Å². The summed E-state index contributed by atoms with van der Waals surface area (Å²) in [5, 5.41) is 3.08. The molecule has 0 aliphatic carbocycles. The molecule has 0 bridgehead atoms. The summed E-state index contributed by atoms with van der Waals surface area (Å²) >= 11 is 2.17. The zero-order valence-electron chi connectivity index (χ0n) is 13.1. The fourth-order valence-corrected chi connectivity index (χ4v) is 3.44. The molecule has 6 heteroatoms. The molecule has 0 spiro atoms. The lowest BCUT2D eigenvalue weighted by Crippen LogP contribution is -2.46. The van der Waals surface area contributed by atoms with Crippen LogP contribution in [0.15, 0.2) is 48.8 Å². The number of pyridine rings is 1. The molecule has 1 fully saturated rings. The van der Waals surface area contributed by atoms with Gasteiger partial charge in [0.05, 0.1) is 5.56 Å². The molecule has 2 amide bonds. The SMILES string of the molecule is O=C(NC1CCN(C(=O)c2ccncc2)CC1)c1ccccc1I. The molecule has 2 heterocycles. The summed E-state index contributed by atoms with van der Waals surface area (Å²) in [6.07, 6.45) is 4.79. The van der Waals surface area contributed by atoms with Gasteiger partial charge >= 0.3 is 0 Å². The van der Waals surface area contributed by atoms with Gasteiger partial charge in [0.1, 0.15) is 0 Å². The molecule has 0 radical (unpaired) electrons. The molecular formula is C18H18IN3O2. The Labute approximate surface area is 154 Å². The summed E-state index contributed by atoms with van der Waals surface area (Å²) in [6.45, 7) is 1.30. The van der Waals surface area contributed by atoms with E-state index in [-0.39, 0.29) is 17.9 Å². The van der Waals surface area contributed by atoms with Crippen molar-refractivity contribution in [2.75, 3.05) is 13.1 Å². The van der Waals surface area contributed by atoms with Crippen LogP contribution in [0.25, 0.3) is 0 Å². The summed E-state index contributed by atoms with van der Waals surface area (Å²) in [4.78, 5) is 30.5. The van der Waals surface area contributed by atoms with Crippen molar-refractivity contribution in [3.63, 3.8) is 0 Å². The highest BCUT2D eigenvalue weighted by Gasteiger charge is 2.25. The van der Waals surface area contributed by atoms with Gasteiger partial charge < -0.3 is 10.2 Å². The maximum atomic E-state index is 12.4. The lowest BCUT2D eigenvalue weighted by atomic mass is 10.0. The van der Waals surface area contributed by atoms with Gasteiger partial charge in [-0.25, -0.2) is 0 Å². The van der Waals surface area contributed by atoms with Gasteiger partial charge in [0.25, 0.3) is 11.8 Å². The Morgan fingerprint density at radius 2 is 1.75 bits per heavy atom. The van der Waals surface area contributed by atoms with Crippen LogP contribution in [0.3, 0.4) is 0 Å². The van der Waals surface area contributed by atoms with Crippen molar-refractivity contribution < 1.29 is 9.59 Å². The van der Waals surface area contributed by atoms with E-state index in [9.17, 15) is 9.59 Å². The normalized spacial score (nSPS) is 15.1. The summed E-state index contributed by atoms with van der Waals surface area (Å²) in [7, 11) is 0. The fourth-order valence-electron chi connectivity index (χ4n) is 2.81. The Bertz CT molecular complexity index is 728.